The second-order valence-electron chi connectivity index (χ2n) is 3.70. The van der Waals surface area contributed by atoms with Crippen molar-refractivity contribution >= 4 is 23.1 Å². The quantitative estimate of drug-likeness (QED) is 0.802. The number of hydrogen-bond acceptors (Lipinski definition) is 5. The first kappa shape index (κ1) is 11.4. The smallest absolute Gasteiger partial charge is 0.121 e. The van der Waals surface area contributed by atoms with Gasteiger partial charge < -0.3 is 5.32 Å². The molecule has 1 aromatic heterocycles. The molecule has 1 aliphatic rings. The maximum absolute atomic E-state index is 4.30. The molecule has 1 saturated heterocycles. The molecule has 3 nitrogen and oxygen atoms in total. The molecule has 0 bridgehead atoms. The highest BCUT2D eigenvalue weighted by atomic mass is 32.2. The highest BCUT2D eigenvalue weighted by Crippen LogP contribution is 2.33. The minimum Gasteiger partial charge on any atom is -0.317 e. The van der Waals surface area contributed by atoms with Crippen LogP contribution in [0.25, 0.3) is 0 Å². The fourth-order valence-electron chi connectivity index (χ4n) is 1.63. The lowest BCUT2D eigenvalue weighted by Gasteiger charge is -2.00. The monoisotopic (exact) mass is 243 g/mol. The number of thioether (sulfide) groups is 1. The molecule has 1 unspecified atom stereocenters. The number of hydrogen-bond donors (Lipinski definition) is 1. The van der Waals surface area contributed by atoms with E-state index in [2.05, 4.69) is 22.4 Å². The molecule has 5 heteroatoms. The van der Waals surface area contributed by atoms with Gasteiger partial charge in [-0.25, -0.2) is 0 Å². The van der Waals surface area contributed by atoms with Crippen LogP contribution >= 0.6 is 23.1 Å². The Morgan fingerprint density at radius 2 is 2.40 bits per heavy atom. The standard InChI is InChI=1S/C10H17N3S2/c1-2-11-5-3-9-12-13-10(15-9)8-4-6-14-7-8/h8,11H,2-7H2,1H3. The molecule has 15 heavy (non-hydrogen) atoms. The molecule has 1 aromatic rings. The summed E-state index contributed by atoms with van der Waals surface area (Å²) in [6, 6.07) is 0. The Kier molecular flexibility index (Phi) is 4.41. The second-order valence-corrected chi connectivity index (χ2v) is 5.94. The maximum Gasteiger partial charge on any atom is 0.121 e. The summed E-state index contributed by atoms with van der Waals surface area (Å²) in [6.07, 6.45) is 2.30. The fraction of sp³-hybridized carbons (Fsp3) is 0.800. The van der Waals surface area contributed by atoms with E-state index in [1.165, 1.54) is 27.9 Å². The molecular weight excluding hydrogens is 226 g/mol. The average molecular weight is 243 g/mol. The van der Waals surface area contributed by atoms with Crippen molar-refractivity contribution in [1.29, 1.82) is 0 Å². The van der Waals surface area contributed by atoms with Gasteiger partial charge in [-0.2, -0.15) is 11.8 Å². The number of likely N-dealkylation sites (N-methyl/N-ethyl adjacent to an activating group) is 1. The first-order valence-corrected chi connectivity index (χ1v) is 7.48. The van der Waals surface area contributed by atoms with Crippen LogP contribution in [-0.2, 0) is 6.42 Å². The third-order valence-corrected chi connectivity index (χ3v) is 4.84. The van der Waals surface area contributed by atoms with Gasteiger partial charge in [0.1, 0.15) is 10.0 Å². The fourth-order valence-corrected chi connectivity index (χ4v) is 3.94. The number of rotatable bonds is 5. The van der Waals surface area contributed by atoms with E-state index in [0.717, 1.165) is 19.5 Å². The molecule has 1 N–H and O–H groups in total. The van der Waals surface area contributed by atoms with Crippen molar-refractivity contribution in [2.24, 2.45) is 0 Å². The lowest BCUT2D eigenvalue weighted by molar-refractivity contribution is 0.707. The summed E-state index contributed by atoms with van der Waals surface area (Å²) >= 11 is 3.84. The van der Waals surface area contributed by atoms with Crippen LogP contribution in [0.15, 0.2) is 0 Å². The van der Waals surface area contributed by atoms with Crippen molar-refractivity contribution in [2.75, 3.05) is 24.6 Å². The molecule has 0 aromatic carbocycles. The predicted molar refractivity (Wildman–Crippen MR) is 66.8 cm³/mol. The first-order chi connectivity index (χ1) is 7.40. The van der Waals surface area contributed by atoms with Gasteiger partial charge in [0.05, 0.1) is 0 Å². The Morgan fingerprint density at radius 3 is 3.13 bits per heavy atom. The van der Waals surface area contributed by atoms with E-state index in [9.17, 15) is 0 Å². The second kappa shape index (κ2) is 5.82. The van der Waals surface area contributed by atoms with Gasteiger partial charge >= 0.3 is 0 Å². The molecule has 0 spiro atoms. The summed E-state index contributed by atoms with van der Waals surface area (Å²) in [5.41, 5.74) is 0. The Labute approximate surface area is 99.1 Å². The molecule has 0 aliphatic carbocycles. The predicted octanol–water partition coefficient (Wildman–Crippen LogP) is 1.91. The summed E-state index contributed by atoms with van der Waals surface area (Å²) in [7, 11) is 0. The molecular formula is C10H17N3S2. The molecule has 2 heterocycles. The first-order valence-electron chi connectivity index (χ1n) is 5.51. The Hall–Kier alpha value is -0.130. The highest BCUT2D eigenvalue weighted by molar-refractivity contribution is 7.99. The Morgan fingerprint density at radius 1 is 1.47 bits per heavy atom. The summed E-state index contributed by atoms with van der Waals surface area (Å²) in [4.78, 5) is 0. The number of aromatic nitrogens is 2. The van der Waals surface area contributed by atoms with Crippen LogP contribution in [0, 0.1) is 0 Å². The summed E-state index contributed by atoms with van der Waals surface area (Å²) in [6.45, 7) is 4.18. The van der Waals surface area contributed by atoms with Crippen molar-refractivity contribution in [2.45, 2.75) is 25.7 Å². The minimum atomic E-state index is 0.681. The molecule has 1 fully saturated rings. The number of nitrogens with one attached hydrogen (secondary N) is 1. The summed E-state index contributed by atoms with van der Waals surface area (Å²) < 4.78 is 0. The van der Waals surface area contributed by atoms with E-state index >= 15 is 0 Å². The van der Waals surface area contributed by atoms with Gasteiger partial charge in [0.2, 0.25) is 0 Å². The highest BCUT2D eigenvalue weighted by Gasteiger charge is 2.21. The van der Waals surface area contributed by atoms with Crippen LogP contribution in [-0.4, -0.2) is 34.8 Å². The van der Waals surface area contributed by atoms with E-state index in [1.807, 2.05) is 11.8 Å². The van der Waals surface area contributed by atoms with E-state index < -0.39 is 0 Å². The van der Waals surface area contributed by atoms with Crippen LogP contribution < -0.4 is 5.32 Å². The van der Waals surface area contributed by atoms with Gasteiger partial charge in [-0.05, 0) is 18.7 Å². The Bertz CT molecular complexity index is 295. The van der Waals surface area contributed by atoms with Gasteiger partial charge in [0.25, 0.3) is 0 Å². The zero-order chi connectivity index (χ0) is 10.5. The van der Waals surface area contributed by atoms with Crippen LogP contribution in [0.5, 0.6) is 0 Å². The van der Waals surface area contributed by atoms with Crippen LogP contribution in [0.1, 0.15) is 29.3 Å². The van der Waals surface area contributed by atoms with Gasteiger partial charge in [0.15, 0.2) is 0 Å². The molecule has 0 saturated carbocycles. The number of nitrogens with zero attached hydrogens (tertiary/aromatic N) is 2. The normalized spacial score (nSPS) is 21.0. The zero-order valence-corrected chi connectivity index (χ0v) is 10.7. The van der Waals surface area contributed by atoms with Crippen molar-refractivity contribution in [1.82, 2.24) is 15.5 Å². The molecule has 1 atom stereocenters. The topological polar surface area (TPSA) is 37.8 Å². The molecule has 2 rings (SSSR count). The summed E-state index contributed by atoms with van der Waals surface area (Å²) in [5, 5.41) is 14.3. The van der Waals surface area contributed by atoms with E-state index in [1.54, 1.807) is 11.3 Å². The Balaban J connectivity index is 1.86. The minimum absolute atomic E-state index is 0.681. The van der Waals surface area contributed by atoms with Crippen LogP contribution in [0.4, 0.5) is 0 Å². The van der Waals surface area contributed by atoms with Gasteiger partial charge in [-0.1, -0.05) is 6.92 Å². The zero-order valence-electron chi connectivity index (χ0n) is 9.03. The molecule has 1 aliphatic heterocycles. The average Bonchev–Trinajstić information content (AvgIpc) is 2.87. The third-order valence-electron chi connectivity index (χ3n) is 2.53. The van der Waals surface area contributed by atoms with Gasteiger partial charge in [0, 0.05) is 24.6 Å². The van der Waals surface area contributed by atoms with Crippen molar-refractivity contribution in [3.63, 3.8) is 0 Å². The van der Waals surface area contributed by atoms with Crippen LogP contribution in [0.2, 0.25) is 0 Å². The molecule has 0 radical (unpaired) electrons. The lowest BCUT2D eigenvalue weighted by atomic mass is 10.1. The maximum atomic E-state index is 4.30. The van der Waals surface area contributed by atoms with Crippen molar-refractivity contribution in [3.05, 3.63) is 10.0 Å². The SMILES string of the molecule is CCNCCc1nnc(C2CCSC2)s1. The van der Waals surface area contributed by atoms with Gasteiger partial charge in [-0.15, -0.1) is 21.5 Å². The van der Waals surface area contributed by atoms with Crippen LogP contribution in [0.3, 0.4) is 0 Å². The molecule has 0 amide bonds. The summed E-state index contributed by atoms with van der Waals surface area (Å²) in [5.74, 6) is 3.21. The van der Waals surface area contributed by atoms with E-state index in [-0.39, 0.29) is 0 Å². The van der Waals surface area contributed by atoms with E-state index in [4.69, 9.17) is 0 Å². The molecule has 84 valence electrons. The van der Waals surface area contributed by atoms with Crippen molar-refractivity contribution < 1.29 is 0 Å². The van der Waals surface area contributed by atoms with Crippen molar-refractivity contribution in [3.8, 4) is 0 Å². The van der Waals surface area contributed by atoms with E-state index in [0.29, 0.717) is 5.92 Å². The third kappa shape index (κ3) is 3.16. The lowest BCUT2D eigenvalue weighted by Crippen LogP contribution is -2.15. The van der Waals surface area contributed by atoms with Gasteiger partial charge in [-0.3, -0.25) is 0 Å². The largest absolute Gasteiger partial charge is 0.317 e.